The van der Waals surface area contributed by atoms with Crippen molar-refractivity contribution >= 4 is 17.3 Å². The minimum atomic E-state index is -2.40. The van der Waals surface area contributed by atoms with Crippen LogP contribution in [0.15, 0.2) is 6.20 Å². The van der Waals surface area contributed by atoms with Gasteiger partial charge in [0.1, 0.15) is 11.9 Å². The Morgan fingerprint density at radius 1 is 1.17 bits per heavy atom. The van der Waals surface area contributed by atoms with Crippen LogP contribution in [0.2, 0.25) is 0 Å². The smallest absolute Gasteiger partial charge is 0.315 e. The molecule has 24 heavy (non-hydrogen) atoms. The number of rotatable bonds is 4. The van der Waals surface area contributed by atoms with Gasteiger partial charge in [0, 0.05) is 6.54 Å². The molecule has 1 aromatic carbocycles. The van der Waals surface area contributed by atoms with Gasteiger partial charge in [0.2, 0.25) is 11.5 Å². The summed E-state index contributed by atoms with van der Waals surface area (Å²) in [5.74, 6) is -13.0. The standard InChI is InChI=1S/C12H7F5N4O3/c1-2-20-3-4(21(23)24)10(19-20)12(22)18-11-8(16)6(14)5(13)7(15)9(11)17/h3H,2H2,1H3,(H,18,22). The van der Waals surface area contributed by atoms with Crippen molar-refractivity contribution in [2.24, 2.45) is 0 Å². The molecule has 1 heterocycles. The fraction of sp³-hybridized carbons (Fsp3) is 0.167. The Bertz CT molecular complexity index is 823. The molecule has 0 fully saturated rings. The zero-order valence-corrected chi connectivity index (χ0v) is 11.7. The third kappa shape index (κ3) is 2.77. The molecule has 0 aliphatic carbocycles. The number of halogens is 5. The summed E-state index contributed by atoms with van der Waals surface area (Å²) in [5, 5.41) is 15.8. The molecule has 0 bridgehead atoms. The van der Waals surface area contributed by atoms with Gasteiger partial charge in [0.15, 0.2) is 23.3 Å². The Balaban J connectivity index is 2.49. The summed E-state index contributed by atoms with van der Waals surface area (Å²) in [5.41, 5.74) is -3.26. The van der Waals surface area contributed by atoms with Gasteiger partial charge in [0.05, 0.1) is 4.92 Å². The lowest BCUT2D eigenvalue weighted by atomic mass is 10.2. The van der Waals surface area contributed by atoms with Crippen LogP contribution in [0.1, 0.15) is 17.4 Å². The Labute approximate surface area is 129 Å². The first-order valence-corrected chi connectivity index (χ1v) is 6.23. The largest absolute Gasteiger partial charge is 0.320 e. The summed E-state index contributed by atoms with van der Waals surface area (Å²) >= 11 is 0. The summed E-state index contributed by atoms with van der Waals surface area (Å²) in [6.45, 7) is 1.68. The summed E-state index contributed by atoms with van der Waals surface area (Å²) in [7, 11) is 0. The molecule has 0 aliphatic heterocycles. The first-order valence-electron chi connectivity index (χ1n) is 6.23. The average Bonchev–Trinajstić information content (AvgIpc) is 3.00. The third-order valence-electron chi connectivity index (χ3n) is 2.93. The molecular formula is C12H7F5N4O3. The Morgan fingerprint density at radius 3 is 2.12 bits per heavy atom. The summed E-state index contributed by atoms with van der Waals surface area (Å²) < 4.78 is 67.1. The van der Waals surface area contributed by atoms with E-state index in [4.69, 9.17) is 0 Å². The molecular weight excluding hydrogens is 343 g/mol. The number of hydrogen-bond acceptors (Lipinski definition) is 4. The van der Waals surface area contributed by atoms with Crippen LogP contribution in [0.25, 0.3) is 0 Å². The maximum Gasteiger partial charge on any atom is 0.320 e. The minimum absolute atomic E-state index is 0.136. The quantitative estimate of drug-likeness (QED) is 0.302. The number of carbonyl (C=O) groups excluding carboxylic acids is 1. The number of benzene rings is 1. The molecule has 128 valence electrons. The molecule has 0 aliphatic rings. The van der Waals surface area contributed by atoms with Gasteiger partial charge < -0.3 is 5.32 Å². The van der Waals surface area contributed by atoms with E-state index >= 15 is 0 Å². The second-order valence-electron chi connectivity index (χ2n) is 4.37. The van der Waals surface area contributed by atoms with Gasteiger partial charge in [-0.3, -0.25) is 19.6 Å². The second-order valence-corrected chi connectivity index (χ2v) is 4.37. The molecule has 0 spiro atoms. The van der Waals surface area contributed by atoms with Gasteiger partial charge in [0.25, 0.3) is 5.91 Å². The molecule has 12 heteroatoms. The van der Waals surface area contributed by atoms with E-state index in [-0.39, 0.29) is 6.54 Å². The molecule has 1 N–H and O–H groups in total. The molecule has 2 aromatic rings. The minimum Gasteiger partial charge on any atom is -0.315 e. The Morgan fingerprint density at radius 2 is 1.67 bits per heavy atom. The van der Waals surface area contributed by atoms with Crippen LogP contribution in [0.4, 0.5) is 33.3 Å². The van der Waals surface area contributed by atoms with Crippen LogP contribution >= 0.6 is 0 Å². The van der Waals surface area contributed by atoms with Crippen molar-refractivity contribution in [1.82, 2.24) is 9.78 Å². The van der Waals surface area contributed by atoms with E-state index in [2.05, 4.69) is 5.10 Å². The lowest BCUT2D eigenvalue weighted by Crippen LogP contribution is -2.18. The molecule has 1 aromatic heterocycles. The molecule has 0 radical (unpaired) electrons. The first-order chi connectivity index (χ1) is 11.2. The zero-order valence-electron chi connectivity index (χ0n) is 11.7. The predicted molar refractivity (Wildman–Crippen MR) is 68.7 cm³/mol. The summed E-state index contributed by atoms with van der Waals surface area (Å²) in [6, 6.07) is 0. The lowest BCUT2D eigenvalue weighted by molar-refractivity contribution is -0.385. The van der Waals surface area contributed by atoms with Crippen molar-refractivity contribution in [3.63, 3.8) is 0 Å². The number of nitrogens with one attached hydrogen (secondary N) is 1. The van der Waals surface area contributed by atoms with E-state index < -0.39 is 57.0 Å². The van der Waals surface area contributed by atoms with Gasteiger partial charge in [-0.1, -0.05) is 0 Å². The summed E-state index contributed by atoms with van der Waals surface area (Å²) in [4.78, 5) is 21.8. The fourth-order valence-electron chi connectivity index (χ4n) is 1.76. The maximum atomic E-state index is 13.5. The maximum absolute atomic E-state index is 13.5. The third-order valence-corrected chi connectivity index (χ3v) is 2.93. The van der Waals surface area contributed by atoms with E-state index in [1.54, 1.807) is 6.92 Å². The second kappa shape index (κ2) is 6.22. The molecule has 0 unspecified atom stereocenters. The SMILES string of the molecule is CCn1cc([N+](=O)[O-])c(C(=O)Nc2c(F)c(F)c(F)c(F)c2F)n1. The van der Waals surface area contributed by atoms with Gasteiger partial charge in [-0.25, -0.2) is 22.0 Å². The number of anilines is 1. The normalized spacial score (nSPS) is 10.8. The Hall–Kier alpha value is -3.05. The van der Waals surface area contributed by atoms with Crippen LogP contribution in [0.3, 0.4) is 0 Å². The summed E-state index contributed by atoms with van der Waals surface area (Å²) in [6.07, 6.45) is 0.882. The van der Waals surface area contributed by atoms with Crippen molar-refractivity contribution < 1.29 is 31.7 Å². The average molecular weight is 350 g/mol. The number of nitrogens with zero attached hydrogens (tertiary/aromatic N) is 3. The number of carbonyl (C=O) groups is 1. The molecule has 2 rings (SSSR count). The number of amides is 1. The van der Waals surface area contributed by atoms with Crippen LogP contribution in [0.5, 0.6) is 0 Å². The van der Waals surface area contributed by atoms with Crippen molar-refractivity contribution in [3.8, 4) is 0 Å². The van der Waals surface area contributed by atoms with E-state index in [0.29, 0.717) is 0 Å². The monoisotopic (exact) mass is 350 g/mol. The highest BCUT2D eigenvalue weighted by atomic mass is 19.2. The first kappa shape index (κ1) is 17.3. The van der Waals surface area contributed by atoms with E-state index in [0.717, 1.165) is 10.9 Å². The lowest BCUT2D eigenvalue weighted by Gasteiger charge is -2.08. The van der Waals surface area contributed by atoms with E-state index in [1.165, 1.54) is 5.32 Å². The van der Waals surface area contributed by atoms with Crippen LogP contribution in [-0.4, -0.2) is 20.6 Å². The molecule has 0 saturated heterocycles. The Kier molecular flexibility index (Phi) is 4.48. The van der Waals surface area contributed by atoms with E-state index in [9.17, 15) is 36.9 Å². The van der Waals surface area contributed by atoms with Crippen LogP contribution < -0.4 is 5.32 Å². The highest BCUT2D eigenvalue weighted by Gasteiger charge is 2.30. The van der Waals surface area contributed by atoms with Gasteiger partial charge >= 0.3 is 5.69 Å². The van der Waals surface area contributed by atoms with Gasteiger partial charge in [-0.15, -0.1) is 0 Å². The number of aromatic nitrogens is 2. The predicted octanol–water partition coefficient (Wildman–Crippen LogP) is 2.76. The van der Waals surface area contributed by atoms with Crippen LogP contribution in [-0.2, 0) is 6.54 Å². The van der Waals surface area contributed by atoms with Crippen molar-refractivity contribution in [2.75, 3.05) is 5.32 Å². The zero-order chi connectivity index (χ0) is 18.2. The van der Waals surface area contributed by atoms with Gasteiger partial charge in [-0.2, -0.15) is 5.10 Å². The van der Waals surface area contributed by atoms with Gasteiger partial charge in [-0.05, 0) is 6.92 Å². The molecule has 1 amide bonds. The highest BCUT2D eigenvalue weighted by molar-refractivity contribution is 6.05. The molecule has 0 atom stereocenters. The fourth-order valence-corrected chi connectivity index (χ4v) is 1.76. The number of hydrogen-bond donors (Lipinski definition) is 1. The molecule has 7 nitrogen and oxygen atoms in total. The molecule has 0 saturated carbocycles. The van der Waals surface area contributed by atoms with Crippen molar-refractivity contribution in [3.05, 3.63) is 51.1 Å². The highest BCUT2D eigenvalue weighted by Crippen LogP contribution is 2.28. The van der Waals surface area contributed by atoms with E-state index in [1.807, 2.05) is 0 Å². The van der Waals surface area contributed by atoms with Crippen molar-refractivity contribution in [2.45, 2.75) is 13.5 Å². The van der Waals surface area contributed by atoms with Crippen LogP contribution in [0, 0.1) is 39.2 Å². The topological polar surface area (TPSA) is 90.1 Å². The number of nitro groups is 1. The van der Waals surface area contributed by atoms with Crippen molar-refractivity contribution in [1.29, 1.82) is 0 Å². The number of aryl methyl sites for hydroxylation is 1.